The molecule has 0 aliphatic heterocycles. The molecule has 0 aromatic heterocycles. The number of sulfonamides is 1. The Morgan fingerprint density at radius 3 is 2.50 bits per heavy atom. The van der Waals surface area contributed by atoms with Gasteiger partial charge in [-0.05, 0) is 30.5 Å². The minimum atomic E-state index is -3.53. The van der Waals surface area contributed by atoms with Crippen molar-refractivity contribution in [1.29, 1.82) is 0 Å². The molecular formula is C13H17Cl2NO3S. The SMILES string of the molecule is O=S(=O)(Cc1ccc(Cl)cc1Cl)NCC1(O)CCCC1. The predicted octanol–water partition coefficient (Wildman–Crippen LogP) is 2.72. The van der Waals surface area contributed by atoms with Gasteiger partial charge in [0.1, 0.15) is 0 Å². The Morgan fingerprint density at radius 2 is 1.90 bits per heavy atom. The second kappa shape index (κ2) is 6.20. The van der Waals surface area contributed by atoms with Crippen LogP contribution in [0.15, 0.2) is 18.2 Å². The van der Waals surface area contributed by atoms with Crippen LogP contribution in [0.5, 0.6) is 0 Å². The molecule has 7 heteroatoms. The first-order chi connectivity index (χ1) is 9.30. The molecule has 0 heterocycles. The number of halogens is 2. The topological polar surface area (TPSA) is 66.4 Å². The van der Waals surface area contributed by atoms with Gasteiger partial charge in [0, 0.05) is 16.6 Å². The molecule has 1 fully saturated rings. The van der Waals surface area contributed by atoms with Crippen LogP contribution < -0.4 is 4.72 Å². The van der Waals surface area contributed by atoms with Crippen LogP contribution in [0.1, 0.15) is 31.2 Å². The number of hydrogen-bond donors (Lipinski definition) is 2. The number of aliphatic hydroxyl groups is 1. The van der Waals surface area contributed by atoms with Gasteiger partial charge in [0.2, 0.25) is 10.0 Å². The zero-order valence-corrected chi connectivity index (χ0v) is 13.2. The first-order valence-electron chi connectivity index (χ1n) is 6.43. The molecule has 0 radical (unpaired) electrons. The first kappa shape index (κ1) is 16.0. The van der Waals surface area contributed by atoms with Crippen LogP contribution in [-0.4, -0.2) is 25.7 Å². The van der Waals surface area contributed by atoms with Crippen molar-refractivity contribution in [3.05, 3.63) is 33.8 Å². The average Bonchev–Trinajstić information content (AvgIpc) is 2.79. The summed E-state index contributed by atoms with van der Waals surface area (Å²) >= 11 is 11.7. The zero-order valence-electron chi connectivity index (χ0n) is 10.9. The fraction of sp³-hybridized carbons (Fsp3) is 0.538. The zero-order chi connectivity index (χ0) is 14.8. The van der Waals surface area contributed by atoms with Crippen molar-refractivity contribution in [2.45, 2.75) is 37.0 Å². The van der Waals surface area contributed by atoms with E-state index in [9.17, 15) is 13.5 Å². The Morgan fingerprint density at radius 1 is 1.25 bits per heavy atom. The van der Waals surface area contributed by atoms with Gasteiger partial charge >= 0.3 is 0 Å². The van der Waals surface area contributed by atoms with E-state index in [1.54, 1.807) is 12.1 Å². The van der Waals surface area contributed by atoms with Crippen molar-refractivity contribution in [3.63, 3.8) is 0 Å². The lowest BCUT2D eigenvalue weighted by atomic mass is 10.0. The average molecular weight is 338 g/mol. The van der Waals surface area contributed by atoms with Gasteiger partial charge in [0.25, 0.3) is 0 Å². The van der Waals surface area contributed by atoms with Crippen LogP contribution in [0.2, 0.25) is 10.0 Å². The molecule has 0 bridgehead atoms. The van der Waals surface area contributed by atoms with Crippen LogP contribution in [0, 0.1) is 0 Å². The number of hydrogen-bond acceptors (Lipinski definition) is 3. The van der Waals surface area contributed by atoms with Gasteiger partial charge in [0.05, 0.1) is 11.4 Å². The summed E-state index contributed by atoms with van der Waals surface area (Å²) in [7, 11) is -3.53. The summed E-state index contributed by atoms with van der Waals surface area (Å²) in [6.45, 7) is 0.0561. The third kappa shape index (κ3) is 4.33. The van der Waals surface area contributed by atoms with Crippen LogP contribution in [0.3, 0.4) is 0 Å². The maximum Gasteiger partial charge on any atom is 0.215 e. The summed E-state index contributed by atoms with van der Waals surface area (Å²) in [6, 6.07) is 4.70. The molecule has 1 aliphatic rings. The summed E-state index contributed by atoms with van der Waals surface area (Å²) in [5, 5.41) is 10.9. The Bertz CT molecular complexity index is 583. The highest BCUT2D eigenvalue weighted by molar-refractivity contribution is 7.88. The summed E-state index contributed by atoms with van der Waals surface area (Å²) in [5.74, 6) is -0.223. The van der Waals surface area contributed by atoms with E-state index < -0.39 is 15.6 Å². The monoisotopic (exact) mass is 337 g/mol. The smallest absolute Gasteiger partial charge is 0.215 e. The maximum atomic E-state index is 12.0. The summed E-state index contributed by atoms with van der Waals surface area (Å²) < 4.78 is 26.5. The van der Waals surface area contributed by atoms with Gasteiger partial charge < -0.3 is 5.11 Å². The molecule has 0 saturated heterocycles. The van der Waals surface area contributed by atoms with E-state index in [4.69, 9.17) is 23.2 Å². The Balaban J connectivity index is 2.00. The van der Waals surface area contributed by atoms with Crippen molar-refractivity contribution in [2.75, 3.05) is 6.54 Å². The molecule has 0 spiro atoms. The molecule has 2 N–H and O–H groups in total. The van der Waals surface area contributed by atoms with E-state index in [0.717, 1.165) is 12.8 Å². The van der Waals surface area contributed by atoms with Crippen LogP contribution in [-0.2, 0) is 15.8 Å². The van der Waals surface area contributed by atoms with Crippen LogP contribution in [0.25, 0.3) is 0 Å². The molecule has 2 rings (SSSR count). The van der Waals surface area contributed by atoms with Crippen molar-refractivity contribution in [2.24, 2.45) is 0 Å². The van der Waals surface area contributed by atoms with E-state index in [1.807, 2.05) is 0 Å². The number of rotatable bonds is 5. The lowest BCUT2D eigenvalue weighted by molar-refractivity contribution is 0.0531. The number of nitrogens with one attached hydrogen (secondary N) is 1. The van der Waals surface area contributed by atoms with E-state index in [1.165, 1.54) is 6.07 Å². The van der Waals surface area contributed by atoms with E-state index in [-0.39, 0.29) is 12.3 Å². The molecule has 1 saturated carbocycles. The summed E-state index contributed by atoms with van der Waals surface area (Å²) in [4.78, 5) is 0. The van der Waals surface area contributed by atoms with Crippen molar-refractivity contribution >= 4 is 33.2 Å². The van der Waals surface area contributed by atoms with E-state index in [2.05, 4.69) is 4.72 Å². The fourth-order valence-corrected chi connectivity index (χ4v) is 4.16. The lowest BCUT2D eigenvalue weighted by Gasteiger charge is -2.22. The Kier molecular flexibility index (Phi) is 4.97. The highest BCUT2D eigenvalue weighted by atomic mass is 35.5. The maximum absolute atomic E-state index is 12.0. The minimum Gasteiger partial charge on any atom is -0.389 e. The van der Waals surface area contributed by atoms with Gasteiger partial charge in [-0.1, -0.05) is 42.1 Å². The van der Waals surface area contributed by atoms with Gasteiger partial charge in [-0.2, -0.15) is 0 Å². The third-order valence-electron chi connectivity index (χ3n) is 3.52. The predicted molar refractivity (Wildman–Crippen MR) is 80.5 cm³/mol. The lowest BCUT2D eigenvalue weighted by Crippen LogP contribution is -2.41. The van der Waals surface area contributed by atoms with Crippen molar-refractivity contribution in [1.82, 2.24) is 4.72 Å². The highest BCUT2D eigenvalue weighted by Crippen LogP contribution is 2.29. The highest BCUT2D eigenvalue weighted by Gasteiger charge is 2.32. The van der Waals surface area contributed by atoms with Gasteiger partial charge in [-0.15, -0.1) is 0 Å². The molecule has 112 valence electrons. The summed E-state index contributed by atoms with van der Waals surface area (Å²) in [5.41, 5.74) is -0.418. The van der Waals surface area contributed by atoms with Gasteiger partial charge in [0.15, 0.2) is 0 Å². The van der Waals surface area contributed by atoms with Crippen LogP contribution in [0.4, 0.5) is 0 Å². The second-order valence-corrected chi connectivity index (χ2v) is 7.90. The van der Waals surface area contributed by atoms with Crippen molar-refractivity contribution < 1.29 is 13.5 Å². The van der Waals surface area contributed by atoms with Gasteiger partial charge in [-0.3, -0.25) is 0 Å². The largest absolute Gasteiger partial charge is 0.389 e. The molecular weight excluding hydrogens is 321 g/mol. The Hall–Kier alpha value is -0.330. The normalized spacial score (nSPS) is 18.4. The molecule has 4 nitrogen and oxygen atoms in total. The Labute approximate surface area is 129 Å². The van der Waals surface area contributed by atoms with Crippen LogP contribution >= 0.6 is 23.2 Å². The second-order valence-electron chi connectivity index (χ2n) is 5.25. The first-order valence-corrected chi connectivity index (χ1v) is 8.84. The summed E-state index contributed by atoms with van der Waals surface area (Å²) in [6.07, 6.45) is 3.14. The van der Waals surface area contributed by atoms with Crippen molar-refractivity contribution in [3.8, 4) is 0 Å². The van der Waals surface area contributed by atoms with Gasteiger partial charge in [-0.25, -0.2) is 13.1 Å². The molecule has 0 atom stereocenters. The quantitative estimate of drug-likeness (QED) is 0.868. The van der Waals surface area contributed by atoms with E-state index >= 15 is 0 Å². The molecule has 0 unspecified atom stereocenters. The molecule has 1 aromatic carbocycles. The fourth-order valence-electron chi connectivity index (χ4n) is 2.35. The molecule has 1 aromatic rings. The minimum absolute atomic E-state index is 0.0561. The molecule has 20 heavy (non-hydrogen) atoms. The molecule has 1 aliphatic carbocycles. The van der Waals surface area contributed by atoms with E-state index in [0.29, 0.717) is 28.5 Å². The standard InChI is InChI=1S/C13H17Cl2NO3S/c14-11-4-3-10(12(15)7-11)8-20(18,19)16-9-13(17)5-1-2-6-13/h3-4,7,16-17H,1-2,5-6,8-9H2. The molecule has 0 amide bonds. The third-order valence-corrected chi connectivity index (χ3v) is 5.38. The number of benzene rings is 1.